The van der Waals surface area contributed by atoms with Crippen LogP contribution in [-0.4, -0.2) is 40.8 Å². The molecular weight excluding hydrogens is 268 g/mol. The molecule has 0 spiro atoms. The van der Waals surface area contributed by atoms with Crippen molar-refractivity contribution in [3.05, 3.63) is 29.1 Å². The smallest absolute Gasteiger partial charge is 0.320 e. The van der Waals surface area contributed by atoms with E-state index in [1.165, 1.54) is 6.07 Å². The fraction of sp³-hybridized carbons (Fsp3) is 0.333. The average molecular weight is 283 g/mol. The van der Waals surface area contributed by atoms with E-state index in [9.17, 15) is 5.11 Å². The molecule has 0 amide bonds. The van der Waals surface area contributed by atoms with Crippen LogP contribution in [0, 0.1) is 0 Å². The third-order valence-corrected chi connectivity index (χ3v) is 2.68. The molecule has 0 saturated carbocycles. The Kier molecular flexibility index (Phi) is 4.24. The van der Waals surface area contributed by atoms with Crippen LogP contribution in [-0.2, 0) is 6.42 Å². The van der Waals surface area contributed by atoms with Gasteiger partial charge in [-0.1, -0.05) is 16.7 Å². The molecule has 0 fully saturated rings. The Morgan fingerprint density at radius 2 is 2.16 bits per heavy atom. The van der Waals surface area contributed by atoms with Crippen LogP contribution in [0.4, 0.5) is 11.7 Å². The number of phenols is 1. The molecule has 1 heterocycles. The fourth-order valence-electron chi connectivity index (χ4n) is 1.45. The number of nitrogens with one attached hydrogen (secondary N) is 1. The SMILES string of the molecule is CN(C)CCc1nnc(Nc2cc(Cl)ccc2O)o1. The summed E-state index contributed by atoms with van der Waals surface area (Å²) in [5, 5.41) is 20.8. The number of rotatable bonds is 5. The van der Waals surface area contributed by atoms with E-state index in [0.717, 1.165) is 6.54 Å². The van der Waals surface area contributed by atoms with Gasteiger partial charge in [0.05, 0.1) is 5.69 Å². The lowest BCUT2D eigenvalue weighted by Crippen LogP contribution is -2.15. The summed E-state index contributed by atoms with van der Waals surface area (Å²) in [6.45, 7) is 0.823. The van der Waals surface area contributed by atoms with Crippen LogP contribution >= 0.6 is 11.6 Å². The maximum atomic E-state index is 9.66. The second kappa shape index (κ2) is 5.90. The minimum Gasteiger partial charge on any atom is -0.506 e. The second-order valence-electron chi connectivity index (χ2n) is 4.34. The molecule has 0 atom stereocenters. The highest BCUT2D eigenvalue weighted by atomic mass is 35.5. The molecule has 19 heavy (non-hydrogen) atoms. The highest BCUT2D eigenvalue weighted by Crippen LogP contribution is 2.28. The van der Waals surface area contributed by atoms with Gasteiger partial charge in [-0.3, -0.25) is 0 Å². The van der Waals surface area contributed by atoms with Crippen LogP contribution < -0.4 is 5.32 Å². The van der Waals surface area contributed by atoms with Gasteiger partial charge in [-0.05, 0) is 32.3 Å². The van der Waals surface area contributed by atoms with Gasteiger partial charge >= 0.3 is 6.01 Å². The number of hydrogen-bond acceptors (Lipinski definition) is 6. The van der Waals surface area contributed by atoms with Crippen molar-refractivity contribution in [2.24, 2.45) is 0 Å². The van der Waals surface area contributed by atoms with Gasteiger partial charge in [-0.2, -0.15) is 0 Å². The van der Waals surface area contributed by atoms with Crippen LogP contribution in [0.25, 0.3) is 0 Å². The summed E-state index contributed by atoms with van der Waals surface area (Å²) in [6.07, 6.45) is 0.670. The van der Waals surface area contributed by atoms with Crippen LogP contribution in [0.2, 0.25) is 5.02 Å². The van der Waals surface area contributed by atoms with E-state index in [1.54, 1.807) is 12.1 Å². The van der Waals surface area contributed by atoms with Crippen LogP contribution in [0.3, 0.4) is 0 Å². The van der Waals surface area contributed by atoms with Gasteiger partial charge in [-0.15, -0.1) is 5.10 Å². The van der Waals surface area contributed by atoms with E-state index in [-0.39, 0.29) is 11.8 Å². The van der Waals surface area contributed by atoms with Gasteiger partial charge in [0.2, 0.25) is 5.89 Å². The van der Waals surface area contributed by atoms with Gasteiger partial charge in [-0.25, -0.2) is 0 Å². The number of likely N-dealkylation sites (N-methyl/N-ethyl adjacent to an activating group) is 1. The van der Waals surface area contributed by atoms with Crippen molar-refractivity contribution in [3.63, 3.8) is 0 Å². The van der Waals surface area contributed by atoms with E-state index >= 15 is 0 Å². The summed E-state index contributed by atoms with van der Waals surface area (Å²) in [6, 6.07) is 4.90. The number of phenolic OH excluding ortho intramolecular Hbond substituents is 1. The molecule has 0 saturated heterocycles. The zero-order valence-corrected chi connectivity index (χ0v) is 11.5. The molecule has 0 bridgehead atoms. The Bertz CT molecular complexity index is 556. The number of benzene rings is 1. The minimum atomic E-state index is 0.0671. The molecule has 102 valence electrons. The lowest BCUT2D eigenvalue weighted by molar-refractivity contribution is 0.387. The maximum absolute atomic E-state index is 9.66. The summed E-state index contributed by atoms with van der Waals surface area (Å²) in [7, 11) is 3.94. The monoisotopic (exact) mass is 282 g/mol. The van der Waals surface area contributed by atoms with E-state index in [0.29, 0.717) is 23.0 Å². The molecule has 2 rings (SSSR count). The third kappa shape index (κ3) is 3.84. The van der Waals surface area contributed by atoms with E-state index < -0.39 is 0 Å². The first-order chi connectivity index (χ1) is 9.04. The quantitative estimate of drug-likeness (QED) is 0.820. The fourth-order valence-corrected chi connectivity index (χ4v) is 1.62. The lowest BCUT2D eigenvalue weighted by atomic mass is 10.3. The molecule has 0 unspecified atom stereocenters. The van der Waals surface area contributed by atoms with Crippen molar-refractivity contribution in [2.75, 3.05) is 26.0 Å². The predicted octanol–water partition coefficient (Wildman–Crippen LogP) is 2.28. The highest BCUT2D eigenvalue weighted by molar-refractivity contribution is 6.30. The molecule has 1 aromatic heterocycles. The number of anilines is 2. The van der Waals surface area contributed by atoms with Crippen molar-refractivity contribution in [1.29, 1.82) is 0 Å². The topological polar surface area (TPSA) is 74.4 Å². The van der Waals surface area contributed by atoms with Crippen LogP contribution in [0.15, 0.2) is 22.6 Å². The Labute approximate surface area is 116 Å². The number of halogens is 1. The Hall–Kier alpha value is -1.79. The van der Waals surface area contributed by atoms with Crippen molar-refractivity contribution in [2.45, 2.75) is 6.42 Å². The summed E-state index contributed by atoms with van der Waals surface area (Å²) in [4.78, 5) is 2.03. The summed E-state index contributed by atoms with van der Waals surface area (Å²) in [5.41, 5.74) is 0.426. The molecule has 0 aliphatic rings. The molecule has 0 aliphatic carbocycles. The zero-order valence-electron chi connectivity index (χ0n) is 10.7. The van der Waals surface area contributed by atoms with E-state index in [4.69, 9.17) is 16.0 Å². The zero-order chi connectivity index (χ0) is 13.8. The minimum absolute atomic E-state index is 0.0671. The number of nitrogens with zero attached hydrogens (tertiary/aromatic N) is 3. The molecular formula is C12H15ClN4O2. The Balaban J connectivity index is 2.05. The standard InChI is InChI=1S/C12H15ClN4O2/c1-17(2)6-5-11-15-16-12(19-11)14-9-7-8(13)3-4-10(9)18/h3-4,7,18H,5-6H2,1-2H3,(H,14,16). The number of aromatic hydroxyl groups is 1. The highest BCUT2D eigenvalue weighted by Gasteiger charge is 2.09. The van der Waals surface area contributed by atoms with Crippen LogP contribution in [0.1, 0.15) is 5.89 Å². The first-order valence-electron chi connectivity index (χ1n) is 5.77. The first-order valence-corrected chi connectivity index (χ1v) is 6.15. The molecule has 0 radical (unpaired) electrons. The van der Waals surface area contributed by atoms with Crippen LogP contribution in [0.5, 0.6) is 5.75 Å². The normalized spacial score (nSPS) is 10.9. The van der Waals surface area contributed by atoms with Gasteiger partial charge in [0.25, 0.3) is 0 Å². The van der Waals surface area contributed by atoms with Crippen molar-refractivity contribution >= 4 is 23.3 Å². The average Bonchev–Trinajstić information content (AvgIpc) is 2.79. The molecule has 6 nitrogen and oxygen atoms in total. The van der Waals surface area contributed by atoms with Gasteiger partial charge in [0.15, 0.2) is 0 Å². The third-order valence-electron chi connectivity index (χ3n) is 2.44. The van der Waals surface area contributed by atoms with Gasteiger partial charge in [0, 0.05) is 18.0 Å². The van der Waals surface area contributed by atoms with Gasteiger partial charge < -0.3 is 19.7 Å². The first kappa shape index (κ1) is 13.6. The molecule has 2 aromatic rings. The summed E-state index contributed by atoms with van der Waals surface area (Å²) in [5.74, 6) is 0.607. The van der Waals surface area contributed by atoms with E-state index in [2.05, 4.69) is 15.5 Å². The Morgan fingerprint density at radius 3 is 2.89 bits per heavy atom. The van der Waals surface area contributed by atoms with Crippen molar-refractivity contribution < 1.29 is 9.52 Å². The second-order valence-corrected chi connectivity index (χ2v) is 4.78. The maximum Gasteiger partial charge on any atom is 0.320 e. The lowest BCUT2D eigenvalue weighted by Gasteiger charge is -2.06. The van der Waals surface area contributed by atoms with Crippen molar-refractivity contribution in [3.8, 4) is 5.75 Å². The Morgan fingerprint density at radius 1 is 1.37 bits per heavy atom. The summed E-state index contributed by atoms with van der Waals surface area (Å²) < 4.78 is 5.42. The van der Waals surface area contributed by atoms with E-state index in [1.807, 2.05) is 19.0 Å². The summed E-state index contributed by atoms with van der Waals surface area (Å²) >= 11 is 5.85. The number of hydrogen-bond donors (Lipinski definition) is 2. The molecule has 2 N–H and O–H groups in total. The molecule has 0 aliphatic heterocycles. The predicted molar refractivity (Wildman–Crippen MR) is 73.0 cm³/mol. The van der Waals surface area contributed by atoms with Crippen molar-refractivity contribution in [1.82, 2.24) is 15.1 Å². The van der Waals surface area contributed by atoms with Gasteiger partial charge in [0.1, 0.15) is 5.75 Å². The molecule has 1 aromatic carbocycles. The molecule has 7 heteroatoms. The largest absolute Gasteiger partial charge is 0.506 e. The number of aromatic nitrogens is 2.